The molecule has 26 heavy (non-hydrogen) atoms. The van der Waals surface area contributed by atoms with Crippen LogP contribution in [0.2, 0.25) is 0 Å². The summed E-state index contributed by atoms with van der Waals surface area (Å²) in [6, 6.07) is 5.85. The number of rotatable bonds is 6. The van der Waals surface area contributed by atoms with Crippen molar-refractivity contribution in [3.63, 3.8) is 0 Å². The minimum absolute atomic E-state index is 0.0906. The first-order valence-corrected chi connectivity index (χ1v) is 9.65. The van der Waals surface area contributed by atoms with Crippen LogP contribution in [0.15, 0.2) is 29.8 Å². The van der Waals surface area contributed by atoms with Crippen molar-refractivity contribution in [1.29, 1.82) is 0 Å². The third-order valence-corrected chi connectivity index (χ3v) is 5.14. The van der Waals surface area contributed by atoms with Crippen molar-refractivity contribution >= 4 is 34.1 Å². The molecule has 2 amide bonds. The zero-order valence-electron chi connectivity index (χ0n) is 14.9. The number of hydrogen-bond donors (Lipinski definition) is 1. The van der Waals surface area contributed by atoms with Gasteiger partial charge in [0.1, 0.15) is 5.82 Å². The van der Waals surface area contributed by atoms with Gasteiger partial charge in [0, 0.05) is 50.6 Å². The lowest BCUT2D eigenvalue weighted by molar-refractivity contribution is -0.131. The molecule has 1 aliphatic rings. The van der Waals surface area contributed by atoms with Crippen molar-refractivity contribution in [2.45, 2.75) is 26.2 Å². The van der Waals surface area contributed by atoms with Crippen molar-refractivity contribution in [2.24, 2.45) is 0 Å². The number of thiazole rings is 1. The van der Waals surface area contributed by atoms with E-state index < -0.39 is 0 Å². The summed E-state index contributed by atoms with van der Waals surface area (Å²) in [5, 5.41) is 5.28. The van der Waals surface area contributed by atoms with E-state index in [2.05, 4.69) is 20.2 Å². The van der Waals surface area contributed by atoms with E-state index in [1.54, 1.807) is 6.20 Å². The second kappa shape index (κ2) is 8.75. The molecule has 1 aliphatic heterocycles. The first kappa shape index (κ1) is 18.3. The monoisotopic (exact) mass is 373 g/mol. The molecule has 0 atom stereocenters. The van der Waals surface area contributed by atoms with Gasteiger partial charge >= 0.3 is 0 Å². The largest absolute Gasteiger partial charge is 0.353 e. The highest BCUT2D eigenvalue weighted by molar-refractivity contribution is 7.13. The highest BCUT2D eigenvalue weighted by atomic mass is 32.1. The van der Waals surface area contributed by atoms with Crippen LogP contribution in [0.4, 0.5) is 10.9 Å². The van der Waals surface area contributed by atoms with E-state index >= 15 is 0 Å². The van der Waals surface area contributed by atoms with Crippen LogP contribution in [-0.4, -0.2) is 52.9 Å². The van der Waals surface area contributed by atoms with Crippen LogP contribution < -0.4 is 10.2 Å². The molecule has 3 heterocycles. The third-order valence-electron chi connectivity index (χ3n) is 4.27. The molecule has 2 aromatic rings. The van der Waals surface area contributed by atoms with Gasteiger partial charge in [-0.2, -0.15) is 0 Å². The van der Waals surface area contributed by atoms with Gasteiger partial charge in [-0.05, 0) is 25.5 Å². The first-order chi connectivity index (χ1) is 12.6. The number of carbonyl (C=O) groups is 2. The summed E-state index contributed by atoms with van der Waals surface area (Å²) in [6.45, 7) is 4.84. The number of anilines is 2. The summed E-state index contributed by atoms with van der Waals surface area (Å²) in [5.41, 5.74) is 0.894. The van der Waals surface area contributed by atoms with Gasteiger partial charge in [0.25, 0.3) is 0 Å². The van der Waals surface area contributed by atoms with Crippen LogP contribution in [0.25, 0.3) is 0 Å². The highest BCUT2D eigenvalue weighted by Gasteiger charge is 2.21. The Morgan fingerprint density at radius 3 is 2.65 bits per heavy atom. The number of pyridine rings is 1. The normalized spacial score (nSPS) is 14.3. The molecule has 3 rings (SSSR count). The zero-order valence-corrected chi connectivity index (χ0v) is 15.7. The highest BCUT2D eigenvalue weighted by Crippen LogP contribution is 2.16. The number of carbonyl (C=O) groups excluding carboxylic acids is 2. The molecule has 2 aromatic heterocycles. The van der Waals surface area contributed by atoms with E-state index in [0.717, 1.165) is 24.6 Å². The molecule has 0 aromatic carbocycles. The minimum atomic E-state index is -0.0906. The van der Waals surface area contributed by atoms with Crippen LogP contribution in [0.5, 0.6) is 0 Å². The zero-order chi connectivity index (χ0) is 18.4. The lowest BCUT2D eigenvalue weighted by atomic mass is 10.2. The fourth-order valence-electron chi connectivity index (χ4n) is 2.88. The van der Waals surface area contributed by atoms with E-state index in [0.29, 0.717) is 37.5 Å². The number of aromatic nitrogens is 2. The molecule has 0 saturated carbocycles. The van der Waals surface area contributed by atoms with Gasteiger partial charge < -0.3 is 15.1 Å². The summed E-state index contributed by atoms with van der Waals surface area (Å²) in [6.07, 6.45) is 3.06. The van der Waals surface area contributed by atoms with Crippen molar-refractivity contribution in [2.75, 3.05) is 36.4 Å². The van der Waals surface area contributed by atoms with Crippen LogP contribution in [0.3, 0.4) is 0 Å². The number of nitrogens with one attached hydrogen (secondary N) is 1. The van der Waals surface area contributed by atoms with Crippen LogP contribution in [0.1, 0.15) is 25.0 Å². The molecule has 1 fully saturated rings. The number of nitrogens with zero attached hydrogens (tertiary/aromatic N) is 4. The van der Waals surface area contributed by atoms with Gasteiger partial charge in [0.2, 0.25) is 11.8 Å². The Morgan fingerprint density at radius 2 is 2.00 bits per heavy atom. The Hall–Kier alpha value is -2.48. The average Bonchev–Trinajstić information content (AvgIpc) is 3.07. The quantitative estimate of drug-likeness (QED) is 0.841. The number of amides is 2. The molecule has 7 nitrogen and oxygen atoms in total. The minimum Gasteiger partial charge on any atom is -0.353 e. The molecule has 0 unspecified atom stereocenters. The molecule has 0 bridgehead atoms. The van der Waals surface area contributed by atoms with Crippen molar-refractivity contribution < 1.29 is 9.59 Å². The van der Waals surface area contributed by atoms with Gasteiger partial charge in [0.05, 0.1) is 5.69 Å². The van der Waals surface area contributed by atoms with Crippen LogP contribution in [-0.2, 0) is 9.59 Å². The van der Waals surface area contributed by atoms with E-state index in [1.165, 1.54) is 11.3 Å². The maximum atomic E-state index is 12.3. The van der Waals surface area contributed by atoms with E-state index in [9.17, 15) is 9.59 Å². The SMILES string of the molecule is Cc1csc(NC(=O)CCCC(=O)N2CCN(c3ccccn3)CC2)n1. The smallest absolute Gasteiger partial charge is 0.226 e. The average molecular weight is 373 g/mol. The summed E-state index contributed by atoms with van der Waals surface area (Å²) >= 11 is 1.41. The summed E-state index contributed by atoms with van der Waals surface area (Å²) in [5.74, 6) is 0.976. The second-order valence-corrected chi connectivity index (χ2v) is 7.11. The Morgan fingerprint density at radius 1 is 1.19 bits per heavy atom. The van der Waals surface area contributed by atoms with Crippen molar-refractivity contribution in [1.82, 2.24) is 14.9 Å². The first-order valence-electron chi connectivity index (χ1n) is 8.77. The summed E-state index contributed by atoms with van der Waals surface area (Å²) < 4.78 is 0. The Labute approximate surface area is 157 Å². The summed E-state index contributed by atoms with van der Waals surface area (Å²) in [7, 11) is 0. The second-order valence-electron chi connectivity index (χ2n) is 6.25. The van der Waals surface area contributed by atoms with Gasteiger partial charge in [-0.3, -0.25) is 9.59 Å². The molecular weight excluding hydrogens is 350 g/mol. The lowest BCUT2D eigenvalue weighted by Gasteiger charge is -2.35. The van der Waals surface area contributed by atoms with E-state index in [4.69, 9.17) is 0 Å². The molecule has 0 radical (unpaired) electrons. The summed E-state index contributed by atoms with van der Waals surface area (Å²) in [4.78, 5) is 36.8. The van der Waals surface area contributed by atoms with Crippen molar-refractivity contribution in [3.05, 3.63) is 35.5 Å². The van der Waals surface area contributed by atoms with Crippen LogP contribution >= 0.6 is 11.3 Å². The fourth-order valence-corrected chi connectivity index (χ4v) is 3.58. The topological polar surface area (TPSA) is 78.4 Å². The third kappa shape index (κ3) is 5.01. The molecular formula is C18H23N5O2S. The standard InChI is InChI=1S/C18H23N5O2S/c1-14-13-26-18(20-14)21-16(24)6-4-7-17(25)23-11-9-22(10-12-23)15-5-2-3-8-19-15/h2-3,5,8,13H,4,6-7,9-12H2,1H3,(H,20,21,24). The predicted molar refractivity (Wildman–Crippen MR) is 102 cm³/mol. The molecule has 0 spiro atoms. The fraction of sp³-hybridized carbons (Fsp3) is 0.444. The number of aryl methyl sites for hydroxylation is 1. The molecule has 1 saturated heterocycles. The van der Waals surface area contributed by atoms with Gasteiger partial charge in [-0.1, -0.05) is 6.07 Å². The molecule has 1 N–H and O–H groups in total. The lowest BCUT2D eigenvalue weighted by Crippen LogP contribution is -2.49. The van der Waals surface area contributed by atoms with Crippen molar-refractivity contribution in [3.8, 4) is 0 Å². The number of hydrogen-bond acceptors (Lipinski definition) is 6. The Kier molecular flexibility index (Phi) is 6.17. The molecule has 8 heteroatoms. The van der Waals surface area contributed by atoms with Crippen LogP contribution in [0, 0.1) is 6.92 Å². The number of piperazine rings is 1. The van der Waals surface area contributed by atoms with Gasteiger partial charge in [-0.25, -0.2) is 9.97 Å². The van der Waals surface area contributed by atoms with E-state index in [-0.39, 0.29) is 11.8 Å². The predicted octanol–water partition coefficient (Wildman–Crippen LogP) is 2.30. The van der Waals surface area contributed by atoms with Gasteiger partial charge in [-0.15, -0.1) is 11.3 Å². The molecule has 138 valence electrons. The Balaban J connectivity index is 1.36. The maximum absolute atomic E-state index is 12.3. The van der Waals surface area contributed by atoms with Gasteiger partial charge in [0.15, 0.2) is 5.13 Å². The van der Waals surface area contributed by atoms with E-state index in [1.807, 2.05) is 35.4 Å². The molecule has 0 aliphatic carbocycles. The maximum Gasteiger partial charge on any atom is 0.226 e. The Bertz CT molecular complexity index is 741.